The van der Waals surface area contributed by atoms with E-state index in [-0.39, 0.29) is 0 Å². The number of rotatable bonds is 2. The van der Waals surface area contributed by atoms with Crippen molar-refractivity contribution >= 4 is 17.3 Å². The Morgan fingerprint density at radius 3 is 2.04 bits per heavy atom. The van der Waals surface area contributed by atoms with Gasteiger partial charge in [-0.3, -0.25) is 4.79 Å². The van der Waals surface area contributed by atoms with E-state index < -0.39 is 23.1 Å². The number of amides is 1. The van der Waals surface area contributed by atoms with Crippen molar-refractivity contribution in [2.45, 2.75) is 0 Å². The number of nitrogens with two attached hydrogens (primary N) is 1. The molecule has 0 aromatic heterocycles. The lowest BCUT2D eigenvalue weighted by atomic mass is 10.1. The summed E-state index contributed by atoms with van der Waals surface area (Å²) in [5.41, 5.74) is 6.90. The maximum absolute atomic E-state index is 13.7. The number of carbonyl (C=O) groups is 1. The molecule has 1 saturated heterocycles. The summed E-state index contributed by atoms with van der Waals surface area (Å²) in [5, 5.41) is 0. The van der Waals surface area contributed by atoms with E-state index in [0.717, 1.165) is 17.8 Å². The monoisotopic (exact) mass is 317 g/mol. The Bertz CT molecular complexity index is 690. The number of benzene rings is 2. The average Bonchev–Trinajstić information content (AvgIpc) is 2.55. The molecule has 1 fully saturated rings. The molecule has 3 rings (SSSR count). The lowest BCUT2D eigenvalue weighted by Crippen LogP contribution is -2.49. The number of anilines is 2. The highest BCUT2D eigenvalue weighted by Crippen LogP contribution is 2.20. The van der Waals surface area contributed by atoms with Gasteiger partial charge in [0, 0.05) is 37.6 Å². The quantitative estimate of drug-likeness (QED) is 0.866. The maximum atomic E-state index is 13.7. The van der Waals surface area contributed by atoms with Crippen LogP contribution in [0.4, 0.5) is 20.2 Å². The molecule has 0 atom stereocenters. The van der Waals surface area contributed by atoms with Crippen LogP contribution in [0, 0.1) is 11.6 Å². The third-order valence-electron chi connectivity index (χ3n) is 4.00. The van der Waals surface area contributed by atoms with Crippen LogP contribution in [0.5, 0.6) is 0 Å². The van der Waals surface area contributed by atoms with E-state index in [1.165, 1.54) is 11.0 Å². The molecule has 4 nitrogen and oxygen atoms in total. The molecule has 6 heteroatoms. The number of carbonyl (C=O) groups excluding carboxylic acids is 1. The third-order valence-corrected chi connectivity index (χ3v) is 4.00. The molecule has 120 valence electrons. The summed E-state index contributed by atoms with van der Waals surface area (Å²) in [6.07, 6.45) is 0. The van der Waals surface area contributed by atoms with Crippen LogP contribution in [0.3, 0.4) is 0 Å². The summed E-state index contributed by atoms with van der Waals surface area (Å²) in [6.45, 7) is 2.03. The fraction of sp³-hybridized carbons (Fsp3) is 0.235. The van der Waals surface area contributed by atoms with Crippen molar-refractivity contribution in [3.8, 4) is 0 Å². The summed E-state index contributed by atoms with van der Waals surface area (Å²) in [5.74, 6) is -2.25. The molecule has 0 radical (unpaired) electrons. The average molecular weight is 317 g/mol. The molecule has 1 aliphatic rings. The third kappa shape index (κ3) is 3.11. The predicted octanol–water partition coefficient (Wildman–Crippen LogP) is 2.51. The van der Waals surface area contributed by atoms with Gasteiger partial charge in [-0.05, 0) is 36.4 Å². The molecule has 2 aromatic carbocycles. The zero-order valence-electron chi connectivity index (χ0n) is 12.5. The summed E-state index contributed by atoms with van der Waals surface area (Å²) < 4.78 is 27.5. The van der Waals surface area contributed by atoms with Gasteiger partial charge in [-0.15, -0.1) is 0 Å². The van der Waals surface area contributed by atoms with Crippen molar-refractivity contribution in [3.05, 3.63) is 59.7 Å². The number of hydrogen-bond donors (Lipinski definition) is 1. The molecule has 2 aromatic rings. The Labute approximate surface area is 133 Å². The smallest absolute Gasteiger partial charge is 0.259 e. The van der Waals surface area contributed by atoms with Crippen LogP contribution in [-0.4, -0.2) is 37.0 Å². The van der Waals surface area contributed by atoms with Crippen molar-refractivity contribution in [1.82, 2.24) is 4.90 Å². The SMILES string of the molecule is Nc1ccc(N2CCN(C(=O)c3c(F)cccc3F)CC2)cc1. The number of hydrogen-bond acceptors (Lipinski definition) is 3. The topological polar surface area (TPSA) is 49.6 Å². The molecule has 0 unspecified atom stereocenters. The first-order valence-electron chi connectivity index (χ1n) is 7.40. The summed E-state index contributed by atoms with van der Waals surface area (Å²) in [4.78, 5) is 15.9. The predicted molar refractivity (Wildman–Crippen MR) is 85.3 cm³/mol. The largest absolute Gasteiger partial charge is 0.399 e. The van der Waals surface area contributed by atoms with E-state index in [9.17, 15) is 13.6 Å². The van der Waals surface area contributed by atoms with Crippen molar-refractivity contribution in [2.24, 2.45) is 0 Å². The Morgan fingerprint density at radius 2 is 1.48 bits per heavy atom. The summed E-state index contributed by atoms with van der Waals surface area (Å²) >= 11 is 0. The van der Waals surface area contributed by atoms with Crippen LogP contribution in [0.25, 0.3) is 0 Å². The van der Waals surface area contributed by atoms with E-state index in [2.05, 4.69) is 4.90 Å². The van der Waals surface area contributed by atoms with Crippen LogP contribution in [0.15, 0.2) is 42.5 Å². The molecule has 1 aliphatic heterocycles. The highest BCUT2D eigenvalue weighted by Gasteiger charge is 2.26. The van der Waals surface area contributed by atoms with Crippen LogP contribution >= 0.6 is 0 Å². The van der Waals surface area contributed by atoms with Gasteiger partial charge in [-0.1, -0.05) is 6.07 Å². The van der Waals surface area contributed by atoms with Gasteiger partial charge in [-0.2, -0.15) is 0 Å². The summed E-state index contributed by atoms with van der Waals surface area (Å²) in [7, 11) is 0. The number of nitrogens with zero attached hydrogens (tertiary/aromatic N) is 2. The van der Waals surface area contributed by atoms with Crippen molar-refractivity contribution in [1.29, 1.82) is 0 Å². The van der Waals surface area contributed by atoms with E-state index >= 15 is 0 Å². The second kappa shape index (κ2) is 6.24. The summed E-state index contributed by atoms with van der Waals surface area (Å²) in [6, 6.07) is 10.9. The molecule has 0 aliphatic carbocycles. The zero-order chi connectivity index (χ0) is 16.4. The highest BCUT2D eigenvalue weighted by atomic mass is 19.1. The first-order valence-corrected chi connectivity index (χ1v) is 7.40. The molecule has 1 heterocycles. The normalized spacial score (nSPS) is 14.9. The minimum Gasteiger partial charge on any atom is -0.399 e. The number of piperazine rings is 1. The molecule has 1 amide bonds. The van der Waals surface area contributed by atoms with Crippen molar-refractivity contribution in [3.63, 3.8) is 0 Å². The van der Waals surface area contributed by atoms with Gasteiger partial charge in [0.2, 0.25) is 0 Å². The number of nitrogen functional groups attached to an aromatic ring is 1. The van der Waals surface area contributed by atoms with Gasteiger partial charge in [-0.25, -0.2) is 8.78 Å². The fourth-order valence-electron chi connectivity index (χ4n) is 2.71. The van der Waals surface area contributed by atoms with E-state index in [0.29, 0.717) is 31.9 Å². The molecule has 2 N–H and O–H groups in total. The Hall–Kier alpha value is -2.63. The Balaban J connectivity index is 1.69. The van der Waals surface area contributed by atoms with Crippen LogP contribution in [0.1, 0.15) is 10.4 Å². The van der Waals surface area contributed by atoms with E-state index in [4.69, 9.17) is 5.73 Å². The van der Waals surface area contributed by atoms with Crippen LogP contribution in [-0.2, 0) is 0 Å². The van der Waals surface area contributed by atoms with E-state index in [1.54, 1.807) is 0 Å². The zero-order valence-corrected chi connectivity index (χ0v) is 12.5. The van der Waals surface area contributed by atoms with Gasteiger partial charge in [0.25, 0.3) is 5.91 Å². The standard InChI is InChI=1S/C17H17F2N3O/c18-14-2-1-3-15(19)16(14)17(23)22-10-8-21(9-11-22)13-6-4-12(20)5-7-13/h1-7H,8-11,20H2. The number of halogens is 2. The maximum Gasteiger partial charge on any atom is 0.259 e. The van der Waals surface area contributed by atoms with Gasteiger partial charge in [0.1, 0.15) is 17.2 Å². The van der Waals surface area contributed by atoms with Crippen LogP contribution < -0.4 is 10.6 Å². The minimum absolute atomic E-state index is 0.414. The van der Waals surface area contributed by atoms with Gasteiger partial charge >= 0.3 is 0 Å². The van der Waals surface area contributed by atoms with Gasteiger partial charge < -0.3 is 15.5 Å². The van der Waals surface area contributed by atoms with Crippen molar-refractivity contribution < 1.29 is 13.6 Å². The highest BCUT2D eigenvalue weighted by molar-refractivity contribution is 5.95. The lowest BCUT2D eigenvalue weighted by molar-refractivity contribution is 0.0737. The first kappa shape index (κ1) is 15.3. The second-order valence-corrected chi connectivity index (χ2v) is 5.47. The lowest BCUT2D eigenvalue weighted by Gasteiger charge is -2.36. The molecule has 0 spiro atoms. The Kier molecular flexibility index (Phi) is 4.14. The molecule has 0 bridgehead atoms. The molecular formula is C17H17F2N3O. The molecular weight excluding hydrogens is 300 g/mol. The van der Waals surface area contributed by atoms with E-state index in [1.807, 2.05) is 24.3 Å². The van der Waals surface area contributed by atoms with Gasteiger partial charge in [0.05, 0.1) is 0 Å². The van der Waals surface area contributed by atoms with Crippen molar-refractivity contribution in [2.75, 3.05) is 36.8 Å². The van der Waals surface area contributed by atoms with Crippen LogP contribution in [0.2, 0.25) is 0 Å². The minimum atomic E-state index is -0.823. The fourth-order valence-corrected chi connectivity index (χ4v) is 2.71. The Morgan fingerprint density at radius 1 is 0.913 bits per heavy atom. The first-order chi connectivity index (χ1) is 11.1. The molecule has 23 heavy (non-hydrogen) atoms. The van der Waals surface area contributed by atoms with Gasteiger partial charge in [0.15, 0.2) is 0 Å². The second-order valence-electron chi connectivity index (χ2n) is 5.47. The molecule has 0 saturated carbocycles.